The van der Waals surface area contributed by atoms with Crippen molar-refractivity contribution in [1.29, 1.82) is 0 Å². The topological polar surface area (TPSA) is 30.7 Å². The first kappa shape index (κ1) is 14.3. The molecular formula is C16H14ClN3S2. The molecule has 2 heterocycles. The summed E-state index contributed by atoms with van der Waals surface area (Å²) in [4.78, 5) is 1.18. The lowest BCUT2D eigenvalue weighted by Crippen LogP contribution is -1.99. The van der Waals surface area contributed by atoms with Crippen molar-refractivity contribution in [3.8, 4) is 10.7 Å². The van der Waals surface area contributed by atoms with Crippen molar-refractivity contribution < 1.29 is 0 Å². The normalized spacial score (nSPS) is 14.4. The fourth-order valence-electron chi connectivity index (χ4n) is 2.37. The fourth-order valence-corrected chi connectivity index (χ4v) is 4.37. The Balaban J connectivity index is 1.61. The molecule has 112 valence electrons. The van der Waals surface area contributed by atoms with Crippen molar-refractivity contribution in [2.24, 2.45) is 0 Å². The molecule has 1 aliphatic rings. The summed E-state index contributed by atoms with van der Waals surface area (Å²) < 4.78 is 2.30. The summed E-state index contributed by atoms with van der Waals surface area (Å²) in [7, 11) is 0. The largest absolute Gasteiger partial charge is 0.298 e. The number of hydrogen-bond donors (Lipinski definition) is 0. The number of benzene rings is 1. The summed E-state index contributed by atoms with van der Waals surface area (Å²) in [6.45, 7) is 0. The van der Waals surface area contributed by atoms with Gasteiger partial charge in [-0.15, -0.1) is 21.5 Å². The zero-order valence-electron chi connectivity index (χ0n) is 11.8. The van der Waals surface area contributed by atoms with Crippen molar-refractivity contribution in [3.63, 3.8) is 0 Å². The van der Waals surface area contributed by atoms with Crippen molar-refractivity contribution >= 4 is 34.7 Å². The Kier molecular flexibility index (Phi) is 3.94. The maximum atomic E-state index is 6.24. The van der Waals surface area contributed by atoms with Gasteiger partial charge in [0.05, 0.1) is 4.88 Å². The van der Waals surface area contributed by atoms with Crippen LogP contribution in [0, 0.1) is 0 Å². The SMILES string of the molecule is Clc1ccccc1CSc1nnc(-c2cccs2)n1C1CC1. The van der Waals surface area contributed by atoms with E-state index in [9.17, 15) is 0 Å². The van der Waals surface area contributed by atoms with Gasteiger partial charge in [-0.1, -0.05) is 47.6 Å². The van der Waals surface area contributed by atoms with Gasteiger partial charge in [-0.25, -0.2) is 0 Å². The van der Waals surface area contributed by atoms with Gasteiger partial charge in [0.2, 0.25) is 0 Å². The van der Waals surface area contributed by atoms with E-state index in [0.29, 0.717) is 6.04 Å². The molecule has 0 spiro atoms. The van der Waals surface area contributed by atoms with Crippen LogP contribution >= 0.6 is 34.7 Å². The van der Waals surface area contributed by atoms with Crippen molar-refractivity contribution in [2.45, 2.75) is 29.8 Å². The zero-order chi connectivity index (χ0) is 14.9. The van der Waals surface area contributed by atoms with Crippen LogP contribution in [0.4, 0.5) is 0 Å². The highest BCUT2D eigenvalue weighted by molar-refractivity contribution is 7.98. The van der Waals surface area contributed by atoms with Gasteiger partial charge >= 0.3 is 0 Å². The number of thiophene rings is 1. The van der Waals surface area contributed by atoms with E-state index in [4.69, 9.17) is 11.6 Å². The van der Waals surface area contributed by atoms with Crippen LogP contribution in [-0.2, 0) is 5.75 Å². The first-order chi connectivity index (χ1) is 10.8. The highest BCUT2D eigenvalue weighted by Gasteiger charge is 2.30. The minimum Gasteiger partial charge on any atom is -0.298 e. The Morgan fingerprint density at radius 1 is 1.18 bits per heavy atom. The number of halogens is 1. The molecule has 1 aliphatic carbocycles. The van der Waals surface area contributed by atoms with Crippen LogP contribution in [-0.4, -0.2) is 14.8 Å². The lowest BCUT2D eigenvalue weighted by Gasteiger charge is -2.08. The van der Waals surface area contributed by atoms with Gasteiger partial charge in [0.25, 0.3) is 0 Å². The van der Waals surface area contributed by atoms with Gasteiger partial charge in [0.15, 0.2) is 11.0 Å². The summed E-state index contributed by atoms with van der Waals surface area (Å²) in [5, 5.41) is 12.7. The van der Waals surface area contributed by atoms with E-state index in [1.54, 1.807) is 23.1 Å². The smallest absolute Gasteiger partial charge is 0.192 e. The van der Waals surface area contributed by atoms with Crippen LogP contribution in [0.25, 0.3) is 10.7 Å². The second-order valence-corrected chi connectivity index (χ2v) is 7.56. The summed E-state index contributed by atoms with van der Waals surface area (Å²) in [5.41, 5.74) is 1.14. The van der Waals surface area contributed by atoms with Crippen LogP contribution in [0.5, 0.6) is 0 Å². The second kappa shape index (κ2) is 6.07. The van der Waals surface area contributed by atoms with Crippen LogP contribution in [0.1, 0.15) is 24.4 Å². The first-order valence-corrected chi connectivity index (χ1v) is 9.42. The summed E-state index contributed by atoms with van der Waals surface area (Å²) in [6, 6.07) is 12.7. The zero-order valence-corrected chi connectivity index (χ0v) is 14.2. The molecule has 0 radical (unpaired) electrons. The van der Waals surface area contributed by atoms with Crippen LogP contribution in [0.2, 0.25) is 5.02 Å². The van der Waals surface area contributed by atoms with Gasteiger partial charge in [-0.05, 0) is 35.9 Å². The van der Waals surface area contributed by atoms with Crippen LogP contribution < -0.4 is 0 Å². The molecule has 0 bridgehead atoms. The number of thioether (sulfide) groups is 1. The quantitative estimate of drug-likeness (QED) is 0.588. The Morgan fingerprint density at radius 3 is 2.77 bits per heavy atom. The molecule has 0 saturated heterocycles. The Bertz CT molecular complexity index is 779. The monoisotopic (exact) mass is 347 g/mol. The highest BCUT2D eigenvalue weighted by atomic mass is 35.5. The average Bonchev–Trinajstić information content (AvgIpc) is 3.06. The minimum atomic E-state index is 0.556. The fraction of sp³-hybridized carbons (Fsp3) is 0.250. The summed E-state index contributed by atoms with van der Waals surface area (Å²) in [5.74, 6) is 1.81. The molecule has 4 rings (SSSR count). The number of rotatable bonds is 5. The molecule has 1 aromatic carbocycles. The third-order valence-electron chi connectivity index (χ3n) is 3.63. The number of nitrogens with zero attached hydrogens (tertiary/aromatic N) is 3. The molecule has 3 aromatic rings. The molecule has 1 fully saturated rings. The lowest BCUT2D eigenvalue weighted by atomic mass is 10.2. The molecule has 2 aromatic heterocycles. The van der Waals surface area contributed by atoms with Gasteiger partial charge in [0, 0.05) is 16.8 Å². The lowest BCUT2D eigenvalue weighted by molar-refractivity contribution is 0.670. The molecule has 3 nitrogen and oxygen atoms in total. The molecule has 0 atom stereocenters. The molecule has 0 amide bonds. The molecule has 1 saturated carbocycles. The van der Waals surface area contributed by atoms with Gasteiger partial charge in [0.1, 0.15) is 0 Å². The van der Waals surface area contributed by atoms with E-state index < -0.39 is 0 Å². The predicted molar refractivity (Wildman–Crippen MR) is 92.6 cm³/mol. The van der Waals surface area contributed by atoms with Gasteiger partial charge in [-0.2, -0.15) is 0 Å². The molecule has 0 aliphatic heterocycles. The van der Waals surface area contributed by atoms with E-state index in [0.717, 1.165) is 27.3 Å². The van der Waals surface area contributed by atoms with E-state index in [1.807, 2.05) is 18.2 Å². The Hall–Kier alpha value is -1.30. The van der Waals surface area contributed by atoms with Crippen molar-refractivity contribution in [2.75, 3.05) is 0 Å². The van der Waals surface area contributed by atoms with Gasteiger partial charge in [-0.3, -0.25) is 4.57 Å². The van der Waals surface area contributed by atoms with E-state index in [-0.39, 0.29) is 0 Å². The molecule has 0 N–H and O–H groups in total. The maximum absolute atomic E-state index is 6.24. The highest BCUT2D eigenvalue weighted by Crippen LogP contribution is 2.42. The van der Waals surface area contributed by atoms with E-state index in [1.165, 1.54) is 17.7 Å². The van der Waals surface area contributed by atoms with Gasteiger partial charge < -0.3 is 0 Å². The predicted octanol–water partition coefficient (Wildman–Crippen LogP) is 5.29. The Morgan fingerprint density at radius 2 is 2.05 bits per heavy atom. The van der Waals surface area contributed by atoms with E-state index in [2.05, 4.69) is 38.3 Å². The summed E-state index contributed by atoms with van der Waals surface area (Å²) in [6.07, 6.45) is 2.44. The minimum absolute atomic E-state index is 0.556. The molecular weight excluding hydrogens is 334 g/mol. The average molecular weight is 348 g/mol. The molecule has 22 heavy (non-hydrogen) atoms. The molecule has 6 heteroatoms. The Labute approximate surface area is 142 Å². The molecule has 0 unspecified atom stereocenters. The van der Waals surface area contributed by atoms with Crippen molar-refractivity contribution in [3.05, 3.63) is 52.4 Å². The second-order valence-electron chi connectivity index (χ2n) is 5.26. The third-order valence-corrected chi connectivity index (χ3v) is 5.86. The van der Waals surface area contributed by atoms with Crippen LogP contribution in [0.15, 0.2) is 46.9 Å². The number of hydrogen-bond acceptors (Lipinski definition) is 4. The number of aromatic nitrogens is 3. The first-order valence-electron chi connectivity index (χ1n) is 7.18. The van der Waals surface area contributed by atoms with Crippen LogP contribution in [0.3, 0.4) is 0 Å². The van der Waals surface area contributed by atoms with E-state index >= 15 is 0 Å². The summed E-state index contributed by atoms with van der Waals surface area (Å²) >= 11 is 9.66. The maximum Gasteiger partial charge on any atom is 0.192 e. The standard InChI is InChI=1S/C16H14ClN3S2/c17-13-5-2-1-4-11(13)10-22-16-19-18-15(14-6-3-9-21-14)20(16)12-7-8-12/h1-6,9,12H,7-8,10H2. The third kappa shape index (κ3) is 2.81. The van der Waals surface area contributed by atoms with Crippen molar-refractivity contribution in [1.82, 2.24) is 14.8 Å².